The second-order valence-corrected chi connectivity index (χ2v) is 4.47. The highest BCUT2D eigenvalue weighted by molar-refractivity contribution is 5.89. The van der Waals surface area contributed by atoms with E-state index in [1.165, 1.54) is 12.1 Å². The average Bonchev–Trinajstić information content (AvgIpc) is 2.39. The molecule has 2 amide bonds. The van der Waals surface area contributed by atoms with E-state index in [-0.39, 0.29) is 24.6 Å². The monoisotopic (exact) mass is 286 g/mol. The number of rotatable bonds is 6. The first-order chi connectivity index (χ1) is 9.40. The summed E-state index contributed by atoms with van der Waals surface area (Å²) in [4.78, 5) is 21.9. The van der Waals surface area contributed by atoms with Gasteiger partial charge in [-0.1, -0.05) is 13.0 Å². The number of anilines is 1. The van der Waals surface area contributed by atoms with Gasteiger partial charge in [-0.3, -0.25) is 4.79 Å². The fourth-order valence-corrected chi connectivity index (χ4v) is 1.51. The summed E-state index contributed by atoms with van der Waals surface area (Å²) in [5.41, 5.74) is -0.249. The molecule has 1 aromatic rings. The van der Waals surface area contributed by atoms with Gasteiger partial charge in [-0.15, -0.1) is 0 Å². The second-order valence-electron chi connectivity index (χ2n) is 4.47. The third-order valence-corrected chi connectivity index (χ3v) is 2.66. The van der Waals surface area contributed by atoms with E-state index in [0.29, 0.717) is 6.42 Å². The van der Waals surface area contributed by atoms with Crippen LogP contribution >= 0.6 is 0 Å². The molecule has 0 aliphatic rings. The number of carbonyl (C=O) groups excluding carboxylic acids is 1. The van der Waals surface area contributed by atoms with Crippen LogP contribution in [0.4, 0.5) is 19.3 Å². The van der Waals surface area contributed by atoms with Crippen molar-refractivity contribution in [2.24, 2.45) is 5.92 Å². The molecule has 20 heavy (non-hydrogen) atoms. The van der Waals surface area contributed by atoms with Gasteiger partial charge in [0.1, 0.15) is 0 Å². The van der Waals surface area contributed by atoms with Crippen molar-refractivity contribution in [2.45, 2.75) is 19.8 Å². The summed E-state index contributed by atoms with van der Waals surface area (Å²) in [7, 11) is 0. The van der Waals surface area contributed by atoms with Crippen LogP contribution in [0.25, 0.3) is 0 Å². The number of hydrogen-bond donors (Lipinski definition) is 3. The van der Waals surface area contributed by atoms with E-state index in [9.17, 15) is 18.4 Å². The first-order valence-corrected chi connectivity index (χ1v) is 6.10. The predicted octanol–water partition coefficient (Wildman–Crippen LogP) is 2.59. The largest absolute Gasteiger partial charge is 0.481 e. The van der Waals surface area contributed by atoms with Crippen molar-refractivity contribution in [3.63, 3.8) is 0 Å². The number of carbonyl (C=O) groups is 2. The minimum Gasteiger partial charge on any atom is -0.481 e. The molecule has 0 aromatic heterocycles. The Morgan fingerprint density at radius 3 is 2.70 bits per heavy atom. The molecule has 1 aromatic carbocycles. The molecule has 1 rings (SSSR count). The molecule has 0 saturated carbocycles. The van der Waals surface area contributed by atoms with E-state index in [1.54, 1.807) is 6.92 Å². The van der Waals surface area contributed by atoms with Gasteiger partial charge in [0, 0.05) is 13.0 Å². The normalized spacial score (nSPS) is 11.8. The number of urea groups is 1. The third kappa shape index (κ3) is 5.21. The fraction of sp³-hybridized carbons (Fsp3) is 0.385. The zero-order chi connectivity index (χ0) is 15.1. The number of benzene rings is 1. The molecular formula is C13H16F2N2O3. The van der Waals surface area contributed by atoms with E-state index in [4.69, 9.17) is 5.11 Å². The van der Waals surface area contributed by atoms with Crippen LogP contribution in [0, 0.1) is 17.6 Å². The van der Waals surface area contributed by atoms with Gasteiger partial charge < -0.3 is 15.7 Å². The lowest BCUT2D eigenvalue weighted by molar-refractivity contribution is -0.137. The Balaban J connectivity index is 2.40. The fourth-order valence-electron chi connectivity index (χ4n) is 1.51. The molecule has 3 N–H and O–H groups in total. The van der Waals surface area contributed by atoms with E-state index in [2.05, 4.69) is 10.6 Å². The third-order valence-electron chi connectivity index (χ3n) is 2.66. The second kappa shape index (κ2) is 7.42. The van der Waals surface area contributed by atoms with Gasteiger partial charge in [-0.05, 0) is 24.5 Å². The zero-order valence-electron chi connectivity index (χ0n) is 11.0. The molecule has 0 saturated heterocycles. The number of carboxylic acids is 1. The zero-order valence-corrected chi connectivity index (χ0v) is 11.0. The van der Waals surface area contributed by atoms with Crippen LogP contribution in [-0.4, -0.2) is 23.7 Å². The molecule has 110 valence electrons. The lowest BCUT2D eigenvalue weighted by atomic mass is 10.1. The SMILES string of the molecule is CC(CCC(=O)O)CNC(=O)Nc1cccc(F)c1F. The highest BCUT2D eigenvalue weighted by Gasteiger charge is 2.11. The molecule has 1 unspecified atom stereocenters. The van der Waals surface area contributed by atoms with Gasteiger partial charge in [0.15, 0.2) is 11.6 Å². The number of nitrogens with one attached hydrogen (secondary N) is 2. The van der Waals surface area contributed by atoms with Crippen molar-refractivity contribution in [2.75, 3.05) is 11.9 Å². The Morgan fingerprint density at radius 1 is 1.35 bits per heavy atom. The van der Waals surface area contributed by atoms with E-state index in [1.807, 2.05) is 0 Å². The van der Waals surface area contributed by atoms with Crippen molar-refractivity contribution in [1.82, 2.24) is 5.32 Å². The first-order valence-electron chi connectivity index (χ1n) is 6.10. The Hall–Kier alpha value is -2.18. The smallest absolute Gasteiger partial charge is 0.319 e. The average molecular weight is 286 g/mol. The molecule has 5 nitrogen and oxygen atoms in total. The Morgan fingerprint density at radius 2 is 2.05 bits per heavy atom. The van der Waals surface area contributed by atoms with Crippen LogP contribution in [0.3, 0.4) is 0 Å². The maximum absolute atomic E-state index is 13.3. The summed E-state index contributed by atoms with van der Waals surface area (Å²) in [5.74, 6) is -3.10. The van der Waals surface area contributed by atoms with Crippen molar-refractivity contribution >= 4 is 17.7 Å². The standard InChI is InChI=1S/C13H16F2N2O3/c1-8(5-6-11(18)19)7-16-13(20)17-10-4-2-3-9(14)12(10)15/h2-4,8H,5-7H2,1H3,(H,18,19)(H2,16,17,20). The molecule has 0 aliphatic carbocycles. The molecule has 0 bridgehead atoms. The summed E-state index contributed by atoms with van der Waals surface area (Å²) in [6, 6.07) is 2.80. The Bertz CT molecular complexity index is 495. The predicted molar refractivity (Wildman–Crippen MR) is 69.4 cm³/mol. The van der Waals surface area contributed by atoms with Crippen LogP contribution in [0.2, 0.25) is 0 Å². The maximum atomic E-state index is 13.3. The molecule has 0 fully saturated rings. The topological polar surface area (TPSA) is 78.4 Å². The highest BCUT2D eigenvalue weighted by Crippen LogP contribution is 2.16. The highest BCUT2D eigenvalue weighted by atomic mass is 19.2. The molecule has 7 heteroatoms. The van der Waals surface area contributed by atoms with E-state index < -0.39 is 23.6 Å². The Kier molecular flexibility index (Phi) is 5.89. The van der Waals surface area contributed by atoms with Crippen molar-refractivity contribution in [3.8, 4) is 0 Å². The first kappa shape index (κ1) is 15.9. The van der Waals surface area contributed by atoms with Gasteiger partial charge in [-0.25, -0.2) is 13.6 Å². The van der Waals surface area contributed by atoms with Gasteiger partial charge in [0.25, 0.3) is 0 Å². The van der Waals surface area contributed by atoms with E-state index >= 15 is 0 Å². The number of amides is 2. The number of carboxylic acid groups (broad SMARTS) is 1. The summed E-state index contributed by atoms with van der Waals surface area (Å²) >= 11 is 0. The molecule has 0 radical (unpaired) electrons. The van der Waals surface area contributed by atoms with Gasteiger partial charge >= 0.3 is 12.0 Å². The van der Waals surface area contributed by atoms with Gasteiger partial charge in [0.2, 0.25) is 0 Å². The van der Waals surface area contributed by atoms with Gasteiger partial charge in [-0.2, -0.15) is 0 Å². The maximum Gasteiger partial charge on any atom is 0.319 e. The summed E-state index contributed by atoms with van der Waals surface area (Å²) in [6.45, 7) is 2.03. The van der Waals surface area contributed by atoms with Crippen molar-refractivity contribution < 1.29 is 23.5 Å². The van der Waals surface area contributed by atoms with E-state index in [0.717, 1.165) is 6.07 Å². The van der Waals surface area contributed by atoms with Crippen LogP contribution in [-0.2, 0) is 4.79 Å². The molecule has 1 atom stereocenters. The number of aliphatic carboxylic acids is 1. The van der Waals surface area contributed by atoms with Crippen molar-refractivity contribution in [1.29, 1.82) is 0 Å². The van der Waals surface area contributed by atoms with Crippen LogP contribution < -0.4 is 10.6 Å². The van der Waals surface area contributed by atoms with Crippen LogP contribution in [0.1, 0.15) is 19.8 Å². The summed E-state index contributed by atoms with van der Waals surface area (Å²) < 4.78 is 26.2. The minimum absolute atomic E-state index is 0.0169. The number of halogens is 2. The molecule has 0 aliphatic heterocycles. The Labute approximate surface area is 115 Å². The number of hydrogen-bond acceptors (Lipinski definition) is 2. The van der Waals surface area contributed by atoms with Crippen molar-refractivity contribution in [3.05, 3.63) is 29.8 Å². The molecule has 0 heterocycles. The molecule has 0 spiro atoms. The van der Waals surface area contributed by atoms with Gasteiger partial charge in [0.05, 0.1) is 5.69 Å². The summed E-state index contributed by atoms with van der Waals surface area (Å²) in [6.07, 6.45) is 0.437. The lowest BCUT2D eigenvalue weighted by Crippen LogP contribution is -2.32. The quantitative estimate of drug-likeness (QED) is 0.752. The summed E-state index contributed by atoms with van der Waals surface area (Å²) in [5, 5.41) is 13.2. The van der Waals surface area contributed by atoms with Crippen LogP contribution in [0.5, 0.6) is 0 Å². The molecular weight excluding hydrogens is 270 g/mol. The minimum atomic E-state index is -1.12. The lowest BCUT2D eigenvalue weighted by Gasteiger charge is -2.12. The van der Waals surface area contributed by atoms with Crippen LogP contribution in [0.15, 0.2) is 18.2 Å².